The fraction of sp³-hybridized carbons (Fsp3) is 0.500. The first-order chi connectivity index (χ1) is 9.19. The fourth-order valence-electron chi connectivity index (χ4n) is 1.99. The Morgan fingerprint density at radius 1 is 1.42 bits per heavy atom. The van der Waals surface area contributed by atoms with Gasteiger partial charge >= 0.3 is 0 Å². The molecule has 0 heterocycles. The highest BCUT2D eigenvalue weighted by atomic mass is 79.9. The van der Waals surface area contributed by atoms with Crippen LogP contribution in [-0.4, -0.2) is 30.3 Å². The van der Waals surface area contributed by atoms with Crippen LogP contribution >= 0.6 is 15.9 Å². The van der Waals surface area contributed by atoms with Crippen molar-refractivity contribution < 1.29 is 14.6 Å². The van der Waals surface area contributed by atoms with E-state index in [2.05, 4.69) is 21.2 Å². The van der Waals surface area contributed by atoms with E-state index in [1.54, 1.807) is 0 Å². The first kappa shape index (κ1) is 14.3. The van der Waals surface area contributed by atoms with Gasteiger partial charge in [-0.1, -0.05) is 15.9 Å². The lowest BCUT2D eigenvalue weighted by Crippen LogP contribution is -2.39. The number of rotatable bonds is 7. The molecule has 104 valence electrons. The molecule has 4 nitrogen and oxygen atoms in total. The van der Waals surface area contributed by atoms with Gasteiger partial charge in [0.1, 0.15) is 5.75 Å². The molecular weight excluding hydrogens is 310 g/mol. The van der Waals surface area contributed by atoms with Gasteiger partial charge in [0.05, 0.1) is 0 Å². The molecule has 0 radical (unpaired) electrons. The van der Waals surface area contributed by atoms with E-state index in [1.165, 1.54) is 0 Å². The van der Waals surface area contributed by atoms with E-state index in [9.17, 15) is 4.79 Å². The Labute approximate surface area is 121 Å². The van der Waals surface area contributed by atoms with E-state index in [-0.39, 0.29) is 25.2 Å². The largest absolute Gasteiger partial charge is 0.484 e. The van der Waals surface area contributed by atoms with Crippen LogP contribution in [0.5, 0.6) is 5.75 Å². The van der Waals surface area contributed by atoms with Crippen molar-refractivity contribution in [2.45, 2.75) is 25.3 Å². The fourth-order valence-corrected chi connectivity index (χ4v) is 2.26. The van der Waals surface area contributed by atoms with Crippen molar-refractivity contribution in [2.24, 2.45) is 5.92 Å². The molecule has 1 saturated carbocycles. The Morgan fingerprint density at radius 2 is 2.11 bits per heavy atom. The highest BCUT2D eigenvalue weighted by molar-refractivity contribution is 9.10. The van der Waals surface area contributed by atoms with Crippen molar-refractivity contribution in [3.05, 3.63) is 28.7 Å². The number of aliphatic hydroxyl groups is 1. The second kappa shape index (κ2) is 6.91. The van der Waals surface area contributed by atoms with Crippen LogP contribution in [0.15, 0.2) is 28.7 Å². The van der Waals surface area contributed by atoms with Gasteiger partial charge in [-0.05, 0) is 49.4 Å². The van der Waals surface area contributed by atoms with Crippen molar-refractivity contribution in [1.29, 1.82) is 0 Å². The van der Waals surface area contributed by atoms with Crippen LogP contribution in [0.2, 0.25) is 0 Å². The maximum absolute atomic E-state index is 11.8. The number of benzene rings is 1. The van der Waals surface area contributed by atoms with Crippen LogP contribution in [0.4, 0.5) is 0 Å². The molecule has 19 heavy (non-hydrogen) atoms. The molecule has 0 aliphatic heterocycles. The maximum Gasteiger partial charge on any atom is 0.258 e. The number of halogens is 1. The van der Waals surface area contributed by atoms with Gasteiger partial charge in [-0.2, -0.15) is 0 Å². The summed E-state index contributed by atoms with van der Waals surface area (Å²) in [6.07, 6.45) is 2.89. The quantitative estimate of drug-likeness (QED) is 0.806. The molecule has 0 spiro atoms. The van der Waals surface area contributed by atoms with Crippen LogP contribution in [0.1, 0.15) is 19.3 Å². The Hall–Kier alpha value is -1.07. The van der Waals surface area contributed by atoms with Crippen LogP contribution in [0, 0.1) is 5.92 Å². The lowest BCUT2D eigenvalue weighted by atomic mass is 10.1. The topological polar surface area (TPSA) is 58.6 Å². The Morgan fingerprint density at radius 3 is 2.68 bits per heavy atom. The Kier molecular flexibility index (Phi) is 5.22. The zero-order valence-electron chi connectivity index (χ0n) is 10.6. The van der Waals surface area contributed by atoms with Gasteiger partial charge < -0.3 is 15.2 Å². The maximum atomic E-state index is 11.8. The first-order valence-corrected chi connectivity index (χ1v) is 7.27. The van der Waals surface area contributed by atoms with Gasteiger partial charge in [-0.25, -0.2) is 0 Å². The van der Waals surface area contributed by atoms with Crippen molar-refractivity contribution >= 4 is 21.8 Å². The summed E-state index contributed by atoms with van der Waals surface area (Å²) in [5.74, 6) is 1.07. The smallest absolute Gasteiger partial charge is 0.258 e. The molecule has 0 bridgehead atoms. The van der Waals surface area contributed by atoms with Gasteiger partial charge in [0.2, 0.25) is 0 Å². The Balaban J connectivity index is 1.75. The van der Waals surface area contributed by atoms with Crippen LogP contribution in [0.3, 0.4) is 0 Å². The summed E-state index contributed by atoms with van der Waals surface area (Å²) in [7, 11) is 0. The van der Waals surface area contributed by atoms with Crippen molar-refractivity contribution in [3.8, 4) is 5.75 Å². The number of amides is 1. The molecular formula is C14H18BrNO3. The van der Waals surface area contributed by atoms with Crippen LogP contribution in [-0.2, 0) is 4.79 Å². The third-order valence-electron chi connectivity index (χ3n) is 3.16. The molecule has 0 saturated heterocycles. The second-order valence-electron chi connectivity index (χ2n) is 4.77. The minimum absolute atomic E-state index is 0.0102. The number of aliphatic hydroxyl groups excluding tert-OH is 1. The molecule has 1 aromatic rings. The van der Waals surface area contributed by atoms with E-state index < -0.39 is 0 Å². The van der Waals surface area contributed by atoms with Crippen LogP contribution < -0.4 is 10.1 Å². The number of hydrogen-bond donors (Lipinski definition) is 2. The number of carbonyl (C=O) groups excluding carboxylic acids is 1. The molecule has 0 aromatic heterocycles. The number of carbonyl (C=O) groups is 1. The molecule has 5 heteroatoms. The lowest BCUT2D eigenvalue weighted by Gasteiger charge is -2.17. The molecule has 1 amide bonds. The second-order valence-corrected chi connectivity index (χ2v) is 5.68. The van der Waals surface area contributed by atoms with Crippen molar-refractivity contribution in [1.82, 2.24) is 5.32 Å². The van der Waals surface area contributed by atoms with E-state index in [4.69, 9.17) is 9.84 Å². The lowest BCUT2D eigenvalue weighted by molar-refractivity contribution is -0.124. The predicted molar refractivity (Wildman–Crippen MR) is 76.0 cm³/mol. The van der Waals surface area contributed by atoms with E-state index in [0.29, 0.717) is 18.1 Å². The van der Waals surface area contributed by atoms with Crippen LogP contribution in [0.25, 0.3) is 0 Å². The first-order valence-electron chi connectivity index (χ1n) is 6.47. The average molecular weight is 328 g/mol. The SMILES string of the molecule is O=C(COc1ccc(Br)cc1)NC(CCO)C1CC1. The van der Waals surface area contributed by atoms with Gasteiger partial charge in [0, 0.05) is 17.1 Å². The van der Waals surface area contributed by atoms with Gasteiger partial charge in [-0.3, -0.25) is 4.79 Å². The molecule has 2 rings (SSSR count). The molecule has 1 aromatic carbocycles. The summed E-state index contributed by atoms with van der Waals surface area (Å²) in [6, 6.07) is 7.44. The monoisotopic (exact) mass is 327 g/mol. The molecule has 1 aliphatic carbocycles. The number of hydrogen-bond acceptors (Lipinski definition) is 3. The highest BCUT2D eigenvalue weighted by Gasteiger charge is 2.31. The van der Waals surface area contributed by atoms with E-state index >= 15 is 0 Å². The highest BCUT2D eigenvalue weighted by Crippen LogP contribution is 2.33. The zero-order valence-corrected chi connectivity index (χ0v) is 12.2. The predicted octanol–water partition coefficient (Wildman–Crippen LogP) is 2.11. The third-order valence-corrected chi connectivity index (χ3v) is 3.69. The molecule has 1 atom stereocenters. The van der Waals surface area contributed by atoms with Crippen molar-refractivity contribution in [3.63, 3.8) is 0 Å². The number of nitrogens with one attached hydrogen (secondary N) is 1. The molecule has 1 aliphatic rings. The standard InChI is InChI=1S/C14H18BrNO3/c15-11-3-5-12(6-4-11)19-9-14(18)16-13(7-8-17)10-1-2-10/h3-6,10,13,17H,1-2,7-9H2,(H,16,18). The number of ether oxygens (including phenoxy) is 1. The zero-order chi connectivity index (χ0) is 13.7. The van der Waals surface area contributed by atoms with Crippen molar-refractivity contribution in [2.75, 3.05) is 13.2 Å². The summed E-state index contributed by atoms with van der Waals surface area (Å²) in [4.78, 5) is 11.8. The van der Waals surface area contributed by atoms with E-state index in [1.807, 2.05) is 24.3 Å². The summed E-state index contributed by atoms with van der Waals surface area (Å²) in [5.41, 5.74) is 0. The normalized spacial score (nSPS) is 15.9. The third kappa shape index (κ3) is 4.84. The Bertz CT molecular complexity index is 417. The molecule has 1 fully saturated rings. The molecule has 2 N–H and O–H groups in total. The minimum atomic E-state index is -0.131. The van der Waals surface area contributed by atoms with E-state index in [0.717, 1.165) is 17.3 Å². The summed E-state index contributed by atoms with van der Waals surface area (Å²) < 4.78 is 6.38. The summed E-state index contributed by atoms with van der Waals surface area (Å²) >= 11 is 3.34. The molecule has 1 unspecified atom stereocenters. The summed E-state index contributed by atoms with van der Waals surface area (Å²) in [5, 5.41) is 11.9. The van der Waals surface area contributed by atoms with Gasteiger partial charge in [-0.15, -0.1) is 0 Å². The summed E-state index contributed by atoms with van der Waals surface area (Å²) in [6.45, 7) is 0.116. The van der Waals surface area contributed by atoms with Gasteiger partial charge in [0.25, 0.3) is 5.91 Å². The minimum Gasteiger partial charge on any atom is -0.484 e. The average Bonchev–Trinajstić information content (AvgIpc) is 3.22. The van der Waals surface area contributed by atoms with Gasteiger partial charge in [0.15, 0.2) is 6.61 Å².